The molecule has 0 amide bonds. The summed E-state index contributed by atoms with van der Waals surface area (Å²) in [4.78, 5) is 23.9. The predicted octanol–water partition coefficient (Wildman–Crippen LogP) is 2.01. The molecular weight excluding hydrogens is 228 g/mol. The molecule has 2 aliphatic heterocycles. The molecular formula is C15H14O3. The lowest BCUT2D eigenvalue weighted by Crippen LogP contribution is -2.37. The Morgan fingerprint density at radius 3 is 2.72 bits per heavy atom. The molecule has 3 nitrogen and oxygen atoms in total. The Bertz CT molecular complexity index is 532. The van der Waals surface area contributed by atoms with Gasteiger partial charge in [0.1, 0.15) is 5.78 Å². The van der Waals surface area contributed by atoms with Crippen LogP contribution >= 0.6 is 0 Å². The second-order valence-electron chi connectivity index (χ2n) is 4.92. The smallest absolute Gasteiger partial charge is 0.191 e. The average Bonchev–Trinajstić information content (AvgIpc) is 2.72. The van der Waals surface area contributed by atoms with E-state index in [0.29, 0.717) is 6.42 Å². The van der Waals surface area contributed by atoms with E-state index in [-0.39, 0.29) is 23.6 Å². The lowest BCUT2D eigenvalue weighted by Gasteiger charge is -2.29. The first kappa shape index (κ1) is 11.4. The van der Waals surface area contributed by atoms with E-state index in [9.17, 15) is 9.59 Å². The highest BCUT2D eigenvalue weighted by Crippen LogP contribution is 2.46. The van der Waals surface area contributed by atoms with Gasteiger partial charge in [-0.1, -0.05) is 36.4 Å². The summed E-state index contributed by atoms with van der Waals surface area (Å²) in [5.41, 5.74) is -0.107. The van der Waals surface area contributed by atoms with E-state index in [1.165, 1.54) is 0 Å². The Balaban J connectivity index is 2.08. The lowest BCUT2D eigenvalue weighted by molar-refractivity contribution is -0.140. The van der Waals surface area contributed by atoms with Crippen LogP contribution in [0.25, 0.3) is 0 Å². The highest BCUT2D eigenvalue weighted by molar-refractivity contribution is 6.00. The molecule has 1 fully saturated rings. The van der Waals surface area contributed by atoms with Gasteiger partial charge in [-0.15, -0.1) is 0 Å². The molecule has 0 radical (unpaired) electrons. The monoisotopic (exact) mass is 242 g/mol. The van der Waals surface area contributed by atoms with Gasteiger partial charge in [0.15, 0.2) is 11.4 Å². The largest absolute Gasteiger partial charge is 0.354 e. The molecule has 3 heteroatoms. The molecule has 1 aromatic rings. The van der Waals surface area contributed by atoms with Crippen LogP contribution in [0, 0.1) is 5.92 Å². The zero-order valence-electron chi connectivity index (χ0n) is 10.1. The zero-order valence-corrected chi connectivity index (χ0v) is 10.1. The third-order valence-corrected chi connectivity index (χ3v) is 3.84. The van der Waals surface area contributed by atoms with Crippen LogP contribution in [0.2, 0.25) is 0 Å². The van der Waals surface area contributed by atoms with Gasteiger partial charge in [0, 0.05) is 6.42 Å². The van der Waals surface area contributed by atoms with Crippen molar-refractivity contribution in [2.75, 3.05) is 0 Å². The lowest BCUT2D eigenvalue weighted by atomic mass is 9.83. The fraction of sp³-hybridized carbons (Fsp3) is 0.333. The SMILES string of the molecule is CC(=O)[C@@H]1C[C@]2(c3ccccc3)O[C@H]1C=CC2=O. The van der Waals surface area contributed by atoms with Gasteiger partial charge < -0.3 is 4.74 Å². The quantitative estimate of drug-likeness (QED) is 0.796. The molecule has 2 aliphatic rings. The van der Waals surface area contributed by atoms with Crippen molar-refractivity contribution in [2.24, 2.45) is 5.92 Å². The van der Waals surface area contributed by atoms with Crippen molar-refractivity contribution in [1.82, 2.24) is 0 Å². The van der Waals surface area contributed by atoms with Crippen molar-refractivity contribution >= 4 is 11.6 Å². The highest BCUT2D eigenvalue weighted by Gasteiger charge is 2.54. The molecule has 0 N–H and O–H groups in total. The number of carbonyl (C=O) groups excluding carboxylic acids is 2. The number of hydrogen-bond acceptors (Lipinski definition) is 3. The summed E-state index contributed by atoms with van der Waals surface area (Å²) in [5.74, 6) is -0.196. The summed E-state index contributed by atoms with van der Waals surface area (Å²) in [6.07, 6.45) is 3.45. The maximum atomic E-state index is 12.2. The minimum atomic E-state index is -0.947. The van der Waals surface area contributed by atoms with Crippen LogP contribution in [0.4, 0.5) is 0 Å². The molecule has 3 atom stereocenters. The number of fused-ring (bicyclic) bond motifs is 2. The van der Waals surface area contributed by atoms with Gasteiger partial charge >= 0.3 is 0 Å². The van der Waals surface area contributed by atoms with E-state index in [0.717, 1.165) is 5.56 Å². The Kier molecular flexibility index (Phi) is 2.45. The molecule has 2 bridgehead atoms. The van der Waals surface area contributed by atoms with Crippen molar-refractivity contribution in [1.29, 1.82) is 0 Å². The first-order valence-corrected chi connectivity index (χ1v) is 6.10. The summed E-state index contributed by atoms with van der Waals surface area (Å²) in [5, 5.41) is 0. The number of Topliss-reactive ketones (excluding diaryl/α,β-unsaturated/α-hetero) is 1. The van der Waals surface area contributed by atoms with E-state index in [1.54, 1.807) is 19.1 Å². The minimum Gasteiger partial charge on any atom is -0.354 e. The van der Waals surface area contributed by atoms with Gasteiger partial charge in [-0.2, -0.15) is 0 Å². The van der Waals surface area contributed by atoms with Crippen LogP contribution in [-0.4, -0.2) is 17.7 Å². The maximum absolute atomic E-state index is 12.2. The highest BCUT2D eigenvalue weighted by atomic mass is 16.5. The van der Waals surface area contributed by atoms with Crippen molar-refractivity contribution in [3.05, 3.63) is 48.0 Å². The molecule has 2 heterocycles. The summed E-state index contributed by atoms with van der Waals surface area (Å²) in [7, 11) is 0. The van der Waals surface area contributed by atoms with Gasteiger partial charge in [-0.25, -0.2) is 0 Å². The van der Waals surface area contributed by atoms with Crippen LogP contribution in [0.1, 0.15) is 18.9 Å². The summed E-state index contributed by atoms with van der Waals surface area (Å²) < 4.78 is 5.90. The molecule has 92 valence electrons. The normalized spacial score (nSPS) is 33.7. The Morgan fingerprint density at radius 2 is 2.06 bits per heavy atom. The fourth-order valence-electron chi connectivity index (χ4n) is 2.85. The van der Waals surface area contributed by atoms with Gasteiger partial charge in [0.05, 0.1) is 12.0 Å². The second kappa shape index (κ2) is 3.89. The molecule has 0 saturated carbocycles. The molecule has 3 rings (SSSR count). The fourth-order valence-corrected chi connectivity index (χ4v) is 2.85. The van der Waals surface area contributed by atoms with E-state index in [1.807, 2.05) is 30.3 Å². The number of hydrogen-bond donors (Lipinski definition) is 0. The molecule has 0 aliphatic carbocycles. The molecule has 18 heavy (non-hydrogen) atoms. The van der Waals surface area contributed by atoms with Gasteiger partial charge in [-0.3, -0.25) is 9.59 Å². The third-order valence-electron chi connectivity index (χ3n) is 3.84. The Morgan fingerprint density at radius 1 is 1.33 bits per heavy atom. The predicted molar refractivity (Wildman–Crippen MR) is 65.9 cm³/mol. The van der Waals surface area contributed by atoms with Crippen molar-refractivity contribution in [3.63, 3.8) is 0 Å². The van der Waals surface area contributed by atoms with E-state index in [4.69, 9.17) is 4.74 Å². The average molecular weight is 242 g/mol. The topological polar surface area (TPSA) is 43.4 Å². The van der Waals surface area contributed by atoms with E-state index in [2.05, 4.69) is 0 Å². The summed E-state index contributed by atoms with van der Waals surface area (Å²) in [6.45, 7) is 1.56. The molecule has 0 aromatic heterocycles. The van der Waals surface area contributed by atoms with Crippen LogP contribution < -0.4 is 0 Å². The van der Waals surface area contributed by atoms with E-state index < -0.39 is 5.60 Å². The first-order valence-electron chi connectivity index (χ1n) is 6.10. The van der Waals surface area contributed by atoms with Crippen LogP contribution in [-0.2, 0) is 19.9 Å². The molecule has 0 unspecified atom stereocenters. The number of rotatable bonds is 2. The standard InChI is InChI=1S/C15H14O3/c1-10(16)12-9-15(11-5-3-2-4-6-11)14(17)8-7-13(12)18-15/h2-8,12-13H,9H2,1H3/t12-,13-,15+/m0/s1. The Labute approximate surface area is 105 Å². The van der Waals surface area contributed by atoms with Crippen molar-refractivity contribution < 1.29 is 14.3 Å². The summed E-state index contributed by atoms with van der Waals surface area (Å²) in [6, 6.07) is 9.44. The van der Waals surface area contributed by atoms with Crippen molar-refractivity contribution in [3.8, 4) is 0 Å². The third kappa shape index (κ3) is 1.47. The number of ether oxygens (including phenoxy) is 1. The number of carbonyl (C=O) groups is 2. The minimum absolute atomic E-state index is 0.0614. The van der Waals surface area contributed by atoms with Crippen LogP contribution in [0.3, 0.4) is 0 Å². The Hall–Kier alpha value is -1.74. The zero-order chi connectivity index (χ0) is 12.8. The molecule has 1 aromatic carbocycles. The second-order valence-corrected chi connectivity index (χ2v) is 4.92. The molecule has 0 spiro atoms. The number of benzene rings is 1. The van der Waals surface area contributed by atoms with E-state index >= 15 is 0 Å². The first-order chi connectivity index (χ1) is 8.63. The van der Waals surface area contributed by atoms with Gasteiger partial charge in [-0.05, 0) is 18.6 Å². The summed E-state index contributed by atoms with van der Waals surface area (Å²) >= 11 is 0. The number of ketones is 2. The van der Waals surface area contributed by atoms with Crippen molar-refractivity contribution in [2.45, 2.75) is 25.0 Å². The maximum Gasteiger partial charge on any atom is 0.191 e. The van der Waals surface area contributed by atoms with Gasteiger partial charge in [0.2, 0.25) is 0 Å². The van der Waals surface area contributed by atoms with Crippen LogP contribution in [0.15, 0.2) is 42.5 Å². The van der Waals surface area contributed by atoms with Crippen LogP contribution in [0.5, 0.6) is 0 Å². The molecule has 1 saturated heterocycles. The van der Waals surface area contributed by atoms with Gasteiger partial charge in [0.25, 0.3) is 0 Å².